The molecule has 0 radical (unpaired) electrons. The zero-order valence-corrected chi connectivity index (χ0v) is 17.2. The van der Waals surface area contributed by atoms with E-state index in [4.69, 9.17) is 4.74 Å². The van der Waals surface area contributed by atoms with Crippen LogP contribution in [0.5, 0.6) is 0 Å². The standard InChI is InChI=1S/C23H25N3O2S/c27-22(23(9-12-28-13-10-23)20-6-2-1-3-7-20)25-14-18(15-25)19-16-26(17-19)29-21-8-4-5-11-24-21/h1-8,11H,9-10,12-17H2. The molecule has 1 aromatic heterocycles. The molecule has 4 heterocycles. The number of carbonyl (C=O) groups excluding carboxylic acids is 1. The van der Waals surface area contributed by atoms with Crippen LogP contribution < -0.4 is 0 Å². The lowest BCUT2D eigenvalue weighted by molar-refractivity contribution is -0.142. The first-order chi connectivity index (χ1) is 14.2. The minimum Gasteiger partial charge on any atom is -0.381 e. The van der Waals surface area contributed by atoms with Crippen molar-refractivity contribution in [3.63, 3.8) is 0 Å². The summed E-state index contributed by atoms with van der Waals surface area (Å²) in [4.78, 5) is 19.9. The van der Waals surface area contributed by atoms with E-state index in [9.17, 15) is 4.79 Å². The number of hydrogen-bond acceptors (Lipinski definition) is 5. The highest BCUT2D eigenvalue weighted by molar-refractivity contribution is 7.97. The van der Waals surface area contributed by atoms with Gasteiger partial charge in [0.05, 0.1) is 5.41 Å². The molecule has 0 atom stereocenters. The van der Waals surface area contributed by atoms with Crippen LogP contribution in [0.3, 0.4) is 0 Å². The molecular weight excluding hydrogens is 382 g/mol. The molecule has 1 amide bonds. The first-order valence-corrected chi connectivity index (χ1v) is 11.0. The molecule has 0 N–H and O–H groups in total. The van der Waals surface area contributed by atoms with Crippen LogP contribution in [-0.2, 0) is 14.9 Å². The number of nitrogens with zero attached hydrogens (tertiary/aromatic N) is 3. The highest BCUT2D eigenvalue weighted by Crippen LogP contribution is 2.39. The molecule has 0 saturated carbocycles. The van der Waals surface area contributed by atoms with E-state index in [2.05, 4.69) is 21.4 Å². The normalized spacial score (nSPS) is 21.4. The van der Waals surface area contributed by atoms with E-state index < -0.39 is 5.41 Å². The summed E-state index contributed by atoms with van der Waals surface area (Å²) in [5.41, 5.74) is 3.64. The molecule has 5 rings (SSSR count). The van der Waals surface area contributed by atoms with Crippen LogP contribution >= 0.6 is 11.9 Å². The number of amides is 1. The van der Waals surface area contributed by atoms with Gasteiger partial charge in [-0.05, 0) is 53.6 Å². The molecule has 3 saturated heterocycles. The molecule has 0 unspecified atom stereocenters. The Morgan fingerprint density at radius 1 is 0.931 bits per heavy atom. The predicted octanol–water partition coefficient (Wildman–Crippen LogP) is 3.29. The van der Waals surface area contributed by atoms with Crippen molar-refractivity contribution in [3.05, 3.63) is 71.4 Å². The van der Waals surface area contributed by atoms with Crippen molar-refractivity contribution in [1.29, 1.82) is 0 Å². The topological polar surface area (TPSA) is 45.7 Å². The van der Waals surface area contributed by atoms with Crippen LogP contribution in [0.15, 0.2) is 70.9 Å². The fraction of sp³-hybridized carbons (Fsp3) is 0.391. The van der Waals surface area contributed by atoms with Gasteiger partial charge in [0.15, 0.2) is 0 Å². The second-order valence-corrected chi connectivity index (χ2v) is 9.10. The number of likely N-dealkylation sites (tertiary alicyclic amines) is 1. The van der Waals surface area contributed by atoms with Crippen molar-refractivity contribution < 1.29 is 9.53 Å². The Balaban J connectivity index is 1.22. The van der Waals surface area contributed by atoms with E-state index in [0.29, 0.717) is 13.2 Å². The summed E-state index contributed by atoms with van der Waals surface area (Å²) in [6.07, 6.45) is 3.37. The number of ether oxygens (including phenoxy) is 1. The molecule has 0 bridgehead atoms. The third-order valence-electron chi connectivity index (χ3n) is 6.23. The van der Waals surface area contributed by atoms with Crippen molar-refractivity contribution in [3.8, 4) is 0 Å². The number of benzene rings is 1. The fourth-order valence-electron chi connectivity index (χ4n) is 4.39. The van der Waals surface area contributed by atoms with E-state index in [-0.39, 0.29) is 5.91 Å². The van der Waals surface area contributed by atoms with Gasteiger partial charge in [-0.15, -0.1) is 0 Å². The van der Waals surface area contributed by atoms with Crippen LogP contribution in [0, 0.1) is 0 Å². The highest BCUT2D eigenvalue weighted by Gasteiger charge is 2.46. The quantitative estimate of drug-likeness (QED) is 0.575. The molecule has 3 fully saturated rings. The number of hydrogen-bond donors (Lipinski definition) is 0. The molecule has 1 aromatic carbocycles. The maximum absolute atomic E-state index is 13.5. The Hall–Kier alpha value is -2.15. The zero-order valence-electron chi connectivity index (χ0n) is 16.4. The lowest BCUT2D eigenvalue weighted by Crippen LogP contribution is -2.56. The maximum Gasteiger partial charge on any atom is 0.233 e. The van der Waals surface area contributed by atoms with E-state index in [1.807, 2.05) is 47.5 Å². The van der Waals surface area contributed by atoms with Crippen molar-refractivity contribution in [2.24, 2.45) is 0 Å². The third kappa shape index (κ3) is 3.61. The minimum absolute atomic E-state index is 0.274. The summed E-state index contributed by atoms with van der Waals surface area (Å²) in [7, 11) is 0. The van der Waals surface area contributed by atoms with Crippen LogP contribution in [0.25, 0.3) is 0 Å². The average Bonchev–Trinajstić information content (AvgIpc) is 2.72. The summed E-state index contributed by atoms with van der Waals surface area (Å²) in [5, 5.41) is 1.03. The summed E-state index contributed by atoms with van der Waals surface area (Å²) in [5.74, 6) is 0.274. The summed E-state index contributed by atoms with van der Waals surface area (Å²) < 4.78 is 7.90. The van der Waals surface area contributed by atoms with Crippen LogP contribution in [0.4, 0.5) is 0 Å². The van der Waals surface area contributed by atoms with Gasteiger partial charge in [0.1, 0.15) is 5.03 Å². The Kier molecular flexibility index (Phi) is 5.16. The Labute approximate surface area is 175 Å². The van der Waals surface area contributed by atoms with Crippen molar-refractivity contribution >= 4 is 17.9 Å². The monoisotopic (exact) mass is 407 g/mol. The molecule has 3 aliphatic rings. The molecule has 0 spiro atoms. The molecular formula is C23H25N3O2S. The van der Waals surface area contributed by atoms with Crippen molar-refractivity contribution in [1.82, 2.24) is 14.2 Å². The summed E-state index contributed by atoms with van der Waals surface area (Å²) in [6, 6.07) is 16.3. The molecule has 6 heteroatoms. The van der Waals surface area contributed by atoms with Crippen LogP contribution in [0.2, 0.25) is 0 Å². The Morgan fingerprint density at radius 3 is 2.31 bits per heavy atom. The van der Waals surface area contributed by atoms with Gasteiger partial charge in [-0.2, -0.15) is 0 Å². The predicted molar refractivity (Wildman–Crippen MR) is 113 cm³/mol. The van der Waals surface area contributed by atoms with Crippen LogP contribution in [-0.4, -0.2) is 59.5 Å². The lowest BCUT2D eigenvalue weighted by Gasteiger charge is -2.46. The van der Waals surface area contributed by atoms with Crippen LogP contribution in [0.1, 0.15) is 18.4 Å². The lowest BCUT2D eigenvalue weighted by atomic mass is 9.72. The number of rotatable bonds is 4. The van der Waals surface area contributed by atoms with Gasteiger partial charge in [-0.1, -0.05) is 36.4 Å². The molecule has 2 aromatic rings. The summed E-state index contributed by atoms with van der Waals surface area (Å²) >= 11 is 1.71. The van der Waals surface area contributed by atoms with Gasteiger partial charge < -0.3 is 9.64 Å². The maximum atomic E-state index is 13.5. The van der Waals surface area contributed by atoms with Gasteiger partial charge in [-0.25, -0.2) is 9.29 Å². The number of pyridine rings is 1. The van der Waals surface area contributed by atoms with E-state index in [1.54, 1.807) is 11.9 Å². The zero-order chi connectivity index (χ0) is 19.7. The SMILES string of the molecule is O=C(N1CC(=C2CN(Sc3ccccn3)C2)C1)C1(c2ccccc2)CCOCC1. The second-order valence-electron chi connectivity index (χ2n) is 7.99. The van der Waals surface area contributed by atoms with Gasteiger partial charge >= 0.3 is 0 Å². The molecule has 150 valence electrons. The van der Waals surface area contributed by atoms with E-state index in [0.717, 1.165) is 49.6 Å². The molecule has 29 heavy (non-hydrogen) atoms. The highest BCUT2D eigenvalue weighted by atomic mass is 32.2. The first-order valence-electron chi connectivity index (χ1n) is 10.2. The average molecular weight is 408 g/mol. The van der Waals surface area contributed by atoms with E-state index in [1.165, 1.54) is 11.1 Å². The third-order valence-corrected chi connectivity index (χ3v) is 7.17. The first kappa shape index (κ1) is 18.9. The second kappa shape index (κ2) is 7.94. The molecule has 5 nitrogen and oxygen atoms in total. The largest absolute Gasteiger partial charge is 0.381 e. The number of aromatic nitrogens is 1. The van der Waals surface area contributed by atoms with Crippen molar-refractivity contribution in [2.75, 3.05) is 39.4 Å². The van der Waals surface area contributed by atoms with Gasteiger partial charge in [-0.3, -0.25) is 4.79 Å². The molecule has 3 aliphatic heterocycles. The molecule has 0 aliphatic carbocycles. The fourth-order valence-corrected chi connectivity index (χ4v) is 5.34. The minimum atomic E-state index is -0.420. The number of carbonyl (C=O) groups is 1. The summed E-state index contributed by atoms with van der Waals surface area (Å²) in [6.45, 7) is 4.81. The van der Waals surface area contributed by atoms with Gasteiger partial charge in [0.2, 0.25) is 5.91 Å². The Morgan fingerprint density at radius 2 is 1.62 bits per heavy atom. The van der Waals surface area contributed by atoms with Gasteiger partial charge in [0.25, 0.3) is 0 Å². The van der Waals surface area contributed by atoms with Gasteiger partial charge in [0, 0.05) is 45.6 Å². The van der Waals surface area contributed by atoms with E-state index >= 15 is 0 Å². The van der Waals surface area contributed by atoms with Crippen molar-refractivity contribution in [2.45, 2.75) is 23.3 Å². The Bertz CT molecular complexity index is 894. The smallest absolute Gasteiger partial charge is 0.233 e.